The quantitative estimate of drug-likeness (QED) is 0.811. The Morgan fingerprint density at radius 3 is 2.80 bits per heavy atom. The molecule has 1 aromatic rings. The van der Waals surface area contributed by atoms with Crippen LogP contribution in [0.2, 0.25) is 0 Å². The van der Waals surface area contributed by atoms with Crippen molar-refractivity contribution in [2.24, 2.45) is 0 Å². The molecule has 1 heterocycles. The summed E-state index contributed by atoms with van der Waals surface area (Å²) < 4.78 is 0. The van der Waals surface area contributed by atoms with Gasteiger partial charge in [-0.3, -0.25) is 0 Å². The predicted octanol–water partition coefficient (Wildman–Crippen LogP) is 1.86. The summed E-state index contributed by atoms with van der Waals surface area (Å²) in [5.41, 5.74) is 1.46. The van der Waals surface area contributed by atoms with Crippen LogP contribution in [0.1, 0.15) is 24.3 Å². The number of aliphatic hydroxyl groups is 1. The van der Waals surface area contributed by atoms with Gasteiger partial charge in [-0.15, -0.1) is 0 Å². The highest BCUT2D eigenvalue weighted by Gasteiger charge is 2.22. The lowest BCUT2D eigenvalue weighted by Gasteiger charge is -2.15. The number of aliphatic hydroxyl groups excluding tert-OH is 1. The van der Waals surface area contributed by atoms with E-state index in [2.05, 4.69) is 35.2 Å². The van der Waals surface area contributed by atoms with Crippen LogP contribution in [-0.4, -0.2) is 36.2 Å². The molecule has 0 bridgehead atoms. The molecular formula is C13H19NO. The second-order valence-corrected chi connectivity index (χ2v) is 4.27. The summed E-state index contributed by atoms with van der Waals surface area (Å²) >= 11 is 0. The normalized spacial score (nSPS) is 22.1. The van der Waals surface area contributed by atoms with Gasteiger partial charge in [-0.25, -0.2) is 0 Å². The van der Waals surface area contributed by atoms with E-state index >= 15 is 0 Å². The zero-order valence-electron chi connectivity index (χ0n) is 9.10. The van der Waals surface area contributed by atoms with Gasteiger partial charge in [-0.1, -0.05) is 30.3 Å². The smallest absolute Gasteiger partial charge is 0.0443 e. The monoisotopic (exact) mass is 205 g/mol. The van der Waals surface area contributed by atoms with Gasteiger partial charge in [0.05, 0.1) is 0 Å². The van der Waals surface area contributed by atoms with Crippen LogP contribution < -0.4 is 0 Å². The topological polar surface area (TPSA) is 23.5 Å². The maximum absolute atomic E-state index is 8.78. The zero-order valence-corrected chi connectivity index (χ0v) is 9.10. The number of hydrogen-bond donors (Lipinski definition) is 1. The zero-order chi connectivity index (χ0) is 10.5. The van der Waals surface area contributed by atoms with E-state index in [1.54, 1.807) is 0 Å². The van der Waals surface area contributed by atoms with Gasteiger partial charge >= 0.3 is 0 Å². The molecule has 1 N–H and O–H groups in total. The molecule has 1 atom stereocenters. The molecule has 0 saturated carbocycles. The highest BCUT2D eigenvalue weighted by molar-refractivity contribution is 5.20. The fourth-order valence-corrected chi connectivity index (χ4v) is 2.33. The van der Waals surface area contributed by atoms with E-state index < -0.39 is 0 Å². The van der Waals surface area contributed by atoms with Crippen molar-refractivity contribution in [3.05, 3.63) is 35.9 Å². The van der Waals surface area contributed by atoms with Crippen molar-refractivity contribution in [3.63, 3.8) is 0 Å². The number of rotatable bonds is 4. The Balaban J connectivity index is 1.87. The van der Waals surface area contributed by atoms with Crippen molar-refractivity contribution >= 4 is 0 Å². The number of likely N-dealkylation sites (tertiary alicyclic amines) is 1. The first-order valence-electron chi connectivity index (χ1n) is 5.78. The van der Waals surface area contributed by atoms with Crippen molar-refractivity contribution in [2.75, 3.05) is 26.2 Å². The van der Waals surface area contributed by atoms with Gasteiger partial charge in [0.15, 0.2) is 0 Å². The molecule has 1 aliphatic heterocycles. The molecule has 1 aromatic carbocycles. The lowest BCUT2D eigenvalue weighted by atomic mass is 9.99. The summed E-state index contributed by atoms with van der Waals surface area (Å²) in [6.45, 7) is 3.69. The van der Waals surface area contributed by atoms with Crippen molar-refractivity contribution in [3.8, 4) is 0 Å². The molecule has 0 radical (unpaired) electrons. The summed E-state index contributed by atoms with van der Waals surface area (Å²) in [6, 6.07) is 10.7. The van der Waals surface area contributed by atoms with Gasteiger partial charge in [-0.05, 0) is 30.9 Å². The number of benzene rings is 1. The Hall–Kier alpha value is -0.860. The number of hydrogen-bond acceptors (Lipinski definition) is 2. The van der Waals surface area contributed by atoms with Crippen LogP contribution in [0.15, 0.2) is 30.3 Å². The lowest BCUT2D eigenvalue weighted by Crippen LogP contribution is -2.22. The minimum absolute atomic E-state index is 0.312. The molecule has 82 valence electrons. The van der Waals surface area contributed by atoms with Gasteiger partial charge < -0.3 is 10.0 Å². The molecule has 0 amide bonds. The van der Waals surface area contributed by atoms with Gasteiger partial charge in [0.1, 0.15) is 0 Å². The molecule has 0 unspecified atom stereocenters. The molecule has 1 saturated heterocycles. The SMILES string of the molecule is OCCCN1CC[C@@H](c2ccccc2)C1. The average molecular weight is 205 g/mol. The van der Waals surface area contributed by atoms with Crippen LogP contribution in [0.25, 0.3) is 0 Å². The first kappa shape index (κ1) is 10.7. The van der Waals surface area contributed by atoms with Crippen molar-refractivity contribution < 1.29 is 5.11 Å². The maximum atomic E-state index is 8.78. The van der Waals surface area contributed by atoms with Gasteiger partial charge in [0.2, 0.25) is 0 Å². The molecule has 0 aliphatic carbocycles. The van der Waals surface area contributed by atoms with Crippen molar-refractivity contribution in [2.45, 2.75) is 18.8 Å². The van der Waals surface area contributed by atoms with Gasteiger partial charge in [0, 0.05) is 19.7 Å². The van der Waals surface area contributed by atoms with Crippen LogP contribution in [0.4, 0.5) is 0 Å². The second-order valence-electron chi connectivity index (χ2n) is 4.27. The highest BCUT2D eigenvalue weighted by atomic mass is 16.3. The summed E-state index contributed by atoms with van der Waals surface area (Å²) in [7, 11) is 0. The van der Waals surface area contributed by atoms with Crippen LogP contribution >= 0.6 is 0 Å². The Morgan fingerprint density at radius 1 is 1.27 bits per heavy atom. The molecule has 2 rings (SSSR count). The Morgan fingerprint density at radius 2 is 2.07 bits per heavy atom. The fraction of sp³-hybridized carbons (Fsp3) is 0.538. The third-order valence-corrected chi connectivity index (χ3v) is 3.18. The van der Waals surface area contributed by atoms with Crippen LogP contribution in [0.3, 0.4) is 0 Å². The fourth-order valence-electron chi connectivity index (χ4n) is 2.33. The summed E-state index contributed by atoms with van der Waals surface area (Å²) in [6.07, 6.45) is 2.16. The second kappa shape index (κ2) is 5.29. The minimum atomic E-state index is 0.312. The van der Waals surface area contributed by atoms with Crippen molar-refractivity contribution in [1.82, 2.24) is 4.90 Å². The number of nitrogens with zero attached hydrogens (tertiary/aromatic N) is 1. The highest BCUT2D eigenvalue weighted by Crippen LogP contribution is 2.26. The molecular weight excluding hydrogens is 186 g/mol. The lowest BCUT2D eigenvalue weighted by molar-refractivity contribution is 0.246. The van der Waals surface area contributed by atoms with E-state index in [-0.39, 0.29) is 0 Å². The molecule has 2 heteroatoms. The first-order valence-corrected chi connectivity index (χ1v) is 5.78. The van der Waals surface area contributed by atoms with Gasteiger partial charge in [-0.2, -0.15) is 0 Å². The molecule has 1 fully saturated rings. The van der Waals surface area contributed by atoms with Crippen LogP contribution in [0.5, 0.6) is 0 Å². The molecule has 15 heavy (non-hydrogen) atoms. The Bertz CT molecular complexity index is 286. The Kier molecular flexibility index (Phi) is 3.75. The summed E-state index contributed by atoms with van der Waals surface area (Å²) in [5.74, 6) is 0.699. The third kappa shape index (κ3) is 2.80. The standard InChI is InChI=1S/C13H19NO/c15-10-4-8-14-9-7-13(11-14)12-5-2-1-3-6-12/h1-3,5-6,13,15H,4,7-11H2/t13-/m1/s1. The molecule has 1 aliphatic rings. The molecule has 0 spiro atoms. The van der Waals surface area contributed by atoms with E-state index in [0.29, 0.717) is 12.5 Å². The maximum Gasteiger partial charge on any atom is 0.0443 e. The van der Waals surface area contributed by atoms with E-state index in [1.165, 1.54) is 18.5 Å². The molecule has 0 aromatic heterocycles. The summed E-state index contributed by atoms with van der Waals surface area (Å²) in [4.78, 5) is 2.45. The van der Waals surface area contributed by atoms with E-state index in [0.717, 1.165) is 19.5 Å². The Labute approximate surface area is 91.5 Å². The molecule has 2 nitrogen and oxygen atoms in total. The summed E-state index contributed by atoms with van der Waals surface area (Å²) in [5, 5.41) is 8.78. The minimum Gasteiger partial charge on any atom is -0.396 e. The first-order chi connectivity index (χ1) is 7.40. The largest absolute Gasteiger partial charge is 0.396 e. The van der Waals surface area contributed by atoms with Crippen molar-refractivity contribution in [1.29, 1.82) is 0 Å². The van der Waals surface area contributed by atoms with E-state index in [4.69, 9.17) is 5.11 Å². The van der Waals surface area contributed by atoms with Gasteiger partial charge in [0.25, 0.3) is 0 Å². The predicted molar refractivity (Wildman–Crippen MR) is 61.9 cm³/mol. The van der Waals surface area contributed by atoms with E-state index in [9.17, 15) is 0 Å². The van der Waals surface area contributed by atoms with Crippen LogP contribution in [-0.2, 0) is 0 Å². The third-order valence-electron chi connectivity index (χ3n) is 3.18. The van der Waals surface area contributed by atoms with Crippen LogP contribution in [0, 0.1) is 0 Å². The average Bonchev–Trinajstić information content (AvgIpc) is 2.76. The van der Waals surface area contributed by atoms with E-state index in [1.807, 2.05) is 0 Å².